The van der Waals surface area contributed by atoms with Crippen LogP contribution in [-0.2, 0) is 4.79 Å². The Labute approximate surface area is 148 Å². The van der Waals surface area contributed by atoms with E-state index in [1.54, 1.807) is 23.2 Å². The number of hydrazine groups is 1. The molecule has 2 N–H and O–H groups in total. The first-order chi connectivity index (χ1) is 12.6. The summed E-state index contributed by atoms with van der Waals surface area (Å²) in [7, 11) is 0. The molecular formula is C19H15FN4O2. The van der Waals surface area contributed by atoms with Gasteiger partial charge in [0.05, 0.1) is 17.4 Å². The number of halogens is 1. The predicted molar refractivity (Wildman–Crippen MR) is 94.6 cm³/mol. The number of para-hydroxylation sites is 1. The molecule has 130 valence electrons. The van der Waals surface area contributed by atoms with E-state index in [2.05, 4.69) is 16.0 Å². The Morgan fingerprint density at radius 2 is 1.73 bits per heavy atom. The van der Waals surface area contributed by atoms with Crippen molar-refractivity contribution in [3.05, 3.63) is 90.0 Å². The third-order valence-electron chi connectivity index (χ3n) is 3.47. The minimum absolute atomic E-state index is 0.152. The highest BCUT2D eigenvalue weighted by molar-refractivity contribution is 5.98. The summed E-state index contributed by atoms with van der Waals surface area (Å²) >= 11 is 0. The molecule has 0 unspecified atom stereocenters. The molecule has 0 aliphatic heterocycles. The van der Waals surface area contributed by atoms with Crippen LogP contribution < -0.4 is 10.9 Å². The molecule has 0 fully saturated rings. The van der Waals surface area contributed by atoms with E-state index in [0.29, 0.717) is 5.56 Å². The lowest BCUT2D eigenvalue weighted by atomic mass is 10.2. The number of amides is 2. The first-order valence-electron chi connectivity index (χ1n) is 7.76. The highest BCUT2D eigenvalue weighted by Crippen LogP contribution is 2.08. The van der Waals surface area contributed by atoms with Crippen molar-refractivity contribution in [2.75, 3.05) is 0 Å². The molecule has 2 amide bonds. The van der Waals surface area contributed by atoms with Crippen molar-refractivity contribution in [1.29, 1.82) is 0 Å². The molecule has 2 aromatic carbocycles. The van der Waals surface area contributed by atoms with E-state index < -0.39 is 17.6 Å². The van der Waals surface area contributed by atoms with Gasteiger partial charge < -0.3 is 0 Å². The average molecular weight is 350 g/mol. The number of aromatic nitrogens is 2. The van der Waals surface area contributed by atoms with Crippen LogP contribution in [0.25, 0.3) is 11.8 Å². The van der Waals surface area contributed by atoms with Crippen LogP contribution in [0, 0.1) is 5.82 Å². The van der Waals surface area contributed by atoms with Gasteiger partial charge in [-0.25, -0.2) is 9.07 Å². The third-order valence-corrected chi connectivity index (χ3v) is 3.47. The van der Waals surface area contributed by atoms with Crippen molar-refractivity contribution in [1.82, 2.24) is 20.6 Å². The number of rotatable bonds is 4. The zero-order chi connectivity index (χ0) is 18.4. The first-order valence-corrected chi connectivity index (χ1v) is 7.76. The topological polar surface area (TPSA) is 76.0 Å². The molecule has 1 heterocycles. The third kappa shape index (κ3) is 4.21. The van der Waals surface area contributed by atoms with Gasteiger partial charge in [-0.1, -0.05) is 30.3 Å². The van der Waals surface area contributed by atoms with Crippen LogP contribution in [-0.4, -0.2) is 21.6 Å². The van der Waals surface area contributed by atoms with Crippen LogP contribution >= 0.6 is 0 Å². The maximum absolute atomic E-state index is 13.5. The van der Waals surface area contributed by atoms with Crippen molar-refractivity contribution < 1.29 is 14.0 Å². The standard InChI is InChI=1S/C19H15FN4O2/c20-17-9-5-4-8-16(17)19(26)23-22-18(25)11-10-14-12-21-24(13-14)15-6-2-1-3-7-15/h1-13H,(H,22,25)(H,23,26)/b11-10+. The number of nitrogens with one attached hydrogen (secondary N) is 2. The van der Waals surface area contributed by atoms with Gasteiger partial charge in [0.1, 0.15) is 5.82 Å². The van der Waals surface area contributed by atoms with E-state index in [0.717, 1.165) is 5.69 Å². The molecule has 0 bridgehead atoms. The van der Waals surface area contributed by atoms with Gasteiger partial charge in [0.25, 0.3) is 11.8 Å². The van der Waals surface area contributed by atoms with Crippen LogP contribution in [0.5, 0.6) is 0 Å². The van der Waals surface area contributed by atoms with Crippen LogP contribution in [0.15, 0.2) is 73.1 Å². The van der Waals surface area contributed by atoms with Crippen molar-refractivity contribution in [3.8, 4) is 5.69 Å². The molecule has 26 heavy (non-hydrogen) atoms. The largest absolute Gasteiger partial charge is 0.272 e. The lowest BCUT2D eigenvalue weighted by molar-refractivity contribution is -0.117. The molecule has 0 saturated carbocycles. The SMILES string of the molecule is O=C(/C=C/c1cnn(-c2ccccc2)c1)NNC(=O)c1ccccc1F. The number of benzene rings is 2. The summed E-state index contributed by atoms with van der Waals surface area (Å²) in [5.41, 5.74) is 5.81. The van der Waals surface area contributed by atoms with Gasteiger partial charge in [0, 0.05) is 17.8 Å². The summed E-state index contributed by atoms with van der Waals surface area (Å²) in [5.74, 6) is -1.95. The molecule has 0 aliphatic carbocycles. The highest BCUT2D eigenvalue weighted by atomic mass is 19.1. The maximum atomic E-state index is 13.5. The summed E-state index contributed by atoms with van der Waals surface area (Å²) < 4.78 is 15.2. The monoisotopic (exact) mass is 350 g/mol. The molecule has 1 aromatic heterocycles. The Balaban J connectivity index is 1.56. The number of hydrogen-bond acceptors (Lipinski definition) is 3. The minimum Gasteiger partial charge on any atom is -0.268 e. The second kappa shape index (κ2) is 7.89. The average Bonchev–Trinajstić information content (AvgIpc) is 3.14. The van der Waals surface area contributed by atoms with Crippen LogP contribution in [0.3, 0.4) is 0 Å². The van der Waals surface area contributed by atoms with Crippen LogP contribution in [0.2, 0.25) is 0 Å². The zero-order valence-corrected chi connectivity index (χ0v) is 13.6. The molecule has 0 saturated heterocycles. The van der Waals surface area contributed by atoms with Crippen molar-refractivity contribution in [3.63, 3.8) is 0 Å². The molecule has 0 spiro atoms. The smallest absolute Gasteiger partial charge is 0.268 e. The minimum atomic E-state index is -0.734. The fourth-order valence-electron chi connectivity index (χ4n) is 2.19. The molecule has 0 aliphatic rings. The van der Waals surface area contributed by atoms with Gasteiger partial charge >= 0.3 is 0 Å². The second-order valence-corrected chi connectivity index (χ2v) is 5.31. The van der Waals surface area contributed by atoms with E-state index >= 15 is 0 Å². The van der Waals surface area contributed by atoms with E-state index in [-0.39, 0.29) is 5.56 Å². The Bertz CT molecular complexity index is 951. The summed E-state index contributed by atoms with van der Waals surface area (Å²) in [5, 5.41) is 4.21. The lowest BCUT2D eigenvalue weighted by Gasteiger charge is -2.05. The zero-order valence-electron chi connectivity index (χ0n) is 13.6. The molecule has 0 atom stereocenters. The molecule has 3 rings (SSSR count). The summed E-state index contributed by atoms with van der Waals surface area (Å²) in [6.07, 6.45) is 6.16. The van der Waals surface area contributed by atoms with Gasteiger partial charge in [-0.15, -0.1) is 0 Å². The quantitative estimate of drug-likeness (QED) is 0.561. The van der Waals surface area contributed by atoms with E-state index in [1.165, 1.54) is 30.3 Å². The van der Waals surface area contributed by atoms with Crippen molar-refractivity contribution in [2.24, 2.45) is 0 Å². The van der Waals surface area contributed by atoms with E-state index in [4.69, 9.17) is 0 Å². The molecular weight excluding hydrogens is 335 g/mol. The van der Waals surface area contributed by atoms with Gasteiger partial charge in [-0.3, -0.25) is 20.4 Å². The molecule has 7 heteroatoms. The lowest BCUT2D eigenvalue weighted by Crippen LogP contribution is -2.41. The summed E-state index contributed by atoms with van der Waals surface area (Å²) in [6.45, 7) is 0. The summed E-state index contributed by atoms with van der Waals surface area (Å²) in [4.78, 5) is 23.6. The Kier molecular flexibility index (Phi) is 5.19. The molecule has 0 radical (unpaired) electrons. The van der Waals surface area contributed by atoms with Crippen molar-refractivity contribution >= 4 is 17.9 Å². The Hall–Kier alpha value is -3.74. The number of nitrogens with zero attached hydrogens (tertiary/aromatic N) is 2. The van der Waals surface area contributed by atoms with Crippen molar-refractivity contribution in [2.45, 2.75) is 0 Å². The normalized spacial score (nSPS) is 10.7. The Morgan fingerprint density at radius 1 is 1.00 bits per heavy atom. The molecule has 6 nitrogen and oxygen atoms in total. The summed E-state index contributed by atoms with van der Waals surface area (Å²) in [6, 6.07) is 15.0. The fraction of sp³-hybridized carbons (Fsp3) is 0. The highest BCUT2D eigenvalue weighted by Gasteiger charge is 2.10. The number of carbonyl (C=O) groups excluding carboxylic acids is 2. The number of carbonyl (C=O) groups is 2. The fourth-order valence-corrected chi connectivity index (χ4v) is 2.19. The van der Waals surface area contributed by atoms with E-state index in [1.807, 2.05) is 30.3 Å². The van der Waals surface area contributed by atoms with Gasteiger partial charge in [0.15, 0.2) is 0 Å². The first kappa shape index (κ1) is 17.1. The van der Waals surface area contributed by atoms with Gasteiger partial charge in [-0.05, 0) is 30.3 Å². The predicted octanol–water partition coefficient (Wildman–Crippen LogP) is 2.49. The second-order valence-electron chi connectivity index (χ2n) is 5.31. The van der Waals surface area contributed by atoms with Gasteiger partial charge in [0.2, 0.25) is 0 Å². The Morgan fingerprint density at radius 3 is 2.50 bits per heavy atom. The maximum Gasteiger partial charge on any atom is 0.272 e. The molecule has 3 aromatic rings. The van der Waals surface area contributed by atoms with Crippen LogP contribution in [0.1, 0.15) is 15.9 Å². The van der Waals surface area contributed by atoms with E-state index in [9.17, 15) is 14.0 Å². The van der Waals surface area contributed by atoms with Gasteiger partial charge in [-0.2, -0.15) is 5.10 Å². The number of hydrogen-bond donors (Lipinski definition) is 2. The van der Waals surface area contributed by atoms with Crippen LogP contribution in [0.4, 0.5) is 4.39 Å².